The lowest BCUT2D eigenvalue weighted by Crippen LogP contribution is -2.39. The van der Waals surface area contributed by atoms with Crippen molar-refractivity contribution in [3.05, 3.63) is 29.1 Å². The van der Waals surface area contributed by atoms with Crippen LogP contribution in [0.2, 0.25) is 0 Å². The normalized spacial score (nSPS) is 14.5. The second-order valence-electron chi connectivity index (χ2n) is 3.94. The number of carboxylic acids is 1. The molecule has 0 aromatic carbocycles. The molecular weight excluding hydrogens is 279 g/mol. The Morgan fingerprint density at radius 3 is 2.72 bits per heavy atom. The molecule has 2 heterocycles. The monoisotopic (exact) mass is 288 g/mol. The molecule has 7 heteroatoms. The molecule has 18 heavy (non-hydrogen) atoms. The summed E-state index contributed by atoms with van der Waals surface area (Å²) in [5.74, 6) is -1.38. The predicted molar refractivity (Wildman–Crippen MR) is 65.8 cm³/mol. The van der Waals surface area contributed by atoms with Crippen molar-refractivity contribution in [1.29, 1.82) is 0 Å². The Morgan fingerprint density at radius 2 is 2.11 bits per heavy atom. The number of hydrogen-bond donors (Lipinski definition) is 1. The first-order chi connectivity index (χ1) is 8.50. The molecule has 0 fully saturated rings. The van der Waals surface area contributed by atoms with Crippen LogP contribution in [0.1, 0.15) is 21.5 Å². The SMILES string of the molecule is O=C(O)c1cncc2c1CCN(C(=O)C(Cl)Cl)C2. The van der Waals surface area contributed by atoms with Gasteiger partial charge in [0.25, 0.3) is 5.91 Å². The average Bonchev–Trinajstić information content (AvgIpc) is 2.36. The Hall–Kier alpha value is -1.33. The van der Waals surface area contributed by atoms with Crippen molar-refractivity contribution in [3.63, 3.8) is 0 Å². The lowest BCUT2D eigenvalue weighted by Gasteiger charge is -2.29. The van der Waals surface area contributed by atoms with Crippen molar-refractivity contribution in [2.75, 3.05) is 6.54 Å². The van der Waals surface area contributed by atoms with Crippen LogP contribution in [-0.4, -0.2) is 38.2 Å². The second kappa shape index (κ2) is 5.12. The van der Waals surface area contributed by atoms with Gasteiger partial charge in [0.2, 0.25) is 0 Å². The zero-order chi connectivity index (χ0) is 13.3. The van der Waals surface area contributed by atoms with E-state index in [0.29, 0.717) is 13.0 Å². The molecule has 0 spiro atoms. The number of carbonyl (C=O) groups excluding carboxylic acids is 1. The van der Waals surface area contributed by atoms with E-state index in [1.807, 2.05) is 0 Å². The molecule has 0 saturated carbocycles. The zero-order valence-electron chi connectivity index (χ0n) is 9.27. The van der Waals surface area contributed by atoms with Crippen molar-refractivity contribution < 1.29 is 14.7 Å². The molecule has 1 aromatic heterocycles. The highest BCUT2D eigenvalue weighted by atomic mass is 35.5. The van der Waals surface area contributed by atoms with E-state index in [9.17, 15) is 9.59 Å². The highest BCUT2D eigenvalue weighted by Crippen LogP contribution is 2.23. The Morgan fingerprint density at radius 1 is 1.39 bits per heavy atom. The van der Waals surface area contributed by atoms with Crippen LogP contribution in [0.15, 0.2) is 12.4 Å². The summed E-state index contributed by atoms with van der Waals surface area (Å²) in [7, 11) is 0. The molecule has 1 aliphatic rings. The molecule has 5 nitrogen and oxygen atoms in total. The minimum atomic E-state index is -1.10. The highest BCUT2D eigenvalue weighted by Gasteiger charge is 2.27. The van der Waals surface area contributed by atoms with Crippen LogP contribution in [0.25, 0.3) is 0 Å². The standard InChI is InChI=1S/C11H10Cl2N2O3/c12-9(13)10(16)15-2-1-7-6(5-15)3-14-4-8(7)11(17)18/h3-4,9H,1-2,5H2,(H,17,18). The summed E-state index contributed by atoms with van der Waals surface area (Å²) >= 11 is 11.1. The number of carbonyl (C=O) groups is 2. The molecule has 2 rings (SSSR count). The average molecular weight is 289 g/mol. The molecule has 0 aliphatic carbocycles. The van der Waals surface area contributed by atoms with Crippen LogP contribution in [-0.2, 0) is 17.8 Å². The van der Waals surface area contributed by atoms with Crippen molar-refractivity contribution in [2.45, 2.75) is 17.8 Å². The van der Waals surface area contributed by atoms with E-state index in [4.69, 9.17) is 28.3 Å². The number of hydrogen-bond acceptors (Lipinski definition) is 3. The molecule has 0 atom stereocenters. The van der Waals surface area contributed by atoms with E-state index in [-0.39, 0.29) is 18.0 Å². The summed E-state index contributed by atoms with van der Waals surface area (Å²) in [6.45, 7) is 0.699. The summed E-state index contributed by atoms with van der Waals surface area (Å²) in [5.41, 5.74) is 1.64. The smallest absolute Gasteiger partial charge is 0.337 e. The molecule has 0 saturated heterocycles. The number of nitrogens with zero attached hydrogens (tertiary/aromatic N) is 2. The molecule has 0 bridgehead atoms. The summed E-state index contributed by atoms with van der Waals surface area (Å²) in [5, 5.41) is 9.04. The number of aromatic nitrogens is 1. The van der Waals surface area contributed by atoms with Gasteiger partial charge in [-0.25, -0.2) is 4.79 Å². The first-order valence-corrected chi connectivity index (χ1v) is 6.14. The van der Waals surface area contributed by atoms with Crippen LogP contribution >= 0.6 is 23.2 Å². The third-order valence-corrected chi connectivity index (χ3v) is 3.24. The minimum Gasteiger partial charge on any atom is -0.478 e. The van der Waals surface area contributed by atoms with E-state index in [2.05, 4.69) is 4.98 Å². The van der Waals surface area contributed by atoms with Crippen LogP contribution in [0, 0.1) is 0 Å². The maximum Gasteiger partial charge on any atom is 0.337 e. The van der Waals surface area contributed by atoms with E-state index in [1.165, 1.54) is 11.1 Å². The van der Waals surface area contributed by atoms with Gasteiger partial charge in [-0.3, -0.25) is 9.78 Å². The molecule has 1 aromatic rings. The van der Waals surface area contributed by atoms with Crippen LogP contribution in [0.4, 0.5) is 0 Å². The fraction of sp³-hybridized carbons (Fsp3) is 0.364. The van der Waals surface area contributed by atoms with Crippen molar-refractivity contribution >= 4 is 35.1 Å². The number of amides is 1. The van der Waals surface area contributed by atoms with Gasteiger partial charge < -0.3 is 10.0 Å². The van der Waals surface area contributed by atoms with E-state index in [1.54, 1.807) is 6.20 Å². The number of aromatic carboxylic acids is 1. The fourth-order valence-corrected chi connectivity index (χ4v) is 2.28. The molecular formula is C11H10Cl2N2O3. The van der Waals surface area contributed by atoms with E-state index >= 15 is 0 Å². The van der Waals surface area contributed by atoms with Gasteiger partial charge in [0.05, 0.1) is 5.56 Å². The Balaban J connectivity index is 2.28. The van der Waals surface area contributed by atoms with Crippen molar-refractivity contribution in [3.8, 4) is 0 Å². The van der Waals surface area contributed by atoms with Gasteiger partial charge in [0.1, 0.15) is 0 Å². The zero-order valence-corrected chi connectivity index (χ0v) is 10.8. The maximum absolute atomic E-state index is 11.7. The molecule has 96 valence electrons. The van der Waals surface area contributed by atoms with Crippen LogP contribution in [0.5, 0.6) is 0 Å². The third kappa shape index (κ3) is 2.42. The lowest BCUT2D eigenvalue weighted by atomic mass is 9.97. The number of fused-ring (bicyclic) bond motifs is 1. The Labute approximate surface area is 113 Å². The lowest BCUT2D eigenvalue weighted by molar-refractivity contribution is -0.130. The van der Waals surface area contributed by atoms with Gasteiger partial charge in [-0.15, -0.1) is 0 Å². The molecule has 1 aliphatic heterocycles. The van der Waals surface area contributed by atoms with Gasteiger partial charge in [0, 0.05) is 25.5 Å². The second-order valence-corrected chi connectivity index (χ2v) is 5.04. The fourth-order valence-electron chi connectivity index (χ4n) is 2.00. The van der Waals surface area contributed by atoms with E-state index in [0.717, 1.165) is 11.1 Å². The van der Waals surface area contributed by atoms with Gasteiger partial charge in [-0.05, 0) is 17.5 Å². The van der Waals surface area contributed by atoms with Crippen LogP contribution in [0.3, 0.4) is 0 Å². The maximum atomic E-state index is 11.7. The van der Waals surface area contributed by atoms with Gasteiger partial charge in [0.15, 0.2) is 4.84 Å². The molecule has 0 radical (unpaired) electrons. The summed E-state index contributed by atoms with van der Waals surface area (Å²) in [6, 6.07) is 0. The number of alkyl halides is 2. The van der Waals surface area contributed by atoms with E-state index < -0.39 is 10.8 Å². The highest BCUT2D eigenvalue weighted by molar-refractivity contribution is 6.53. The topological polar surface area (TPSA) is 70.5 Å². The number of rotatable bonds is 2. The van der Waals surface area contributed by atoms with Crippen LogP contribution < -0.4 is 0 Å². The Bertz CT molecular complexity index is 505. The molecule has 1 amide bonds. The number of halogens is 2. The number of carboxylic acid groups (broad SMARTS) is 1. The summed E-state index contributed by atoms with van der Waals surface area (Å²) < 4.78 is 0. The first kappa shape index (κ1) is 13.1. The largest absolute Gasteiger partial charge is 0.478 e. The molecule has 0 unspecified atom stereocenters. The predicted octanol–water partition coefficient (Wildman–Crippen LogP) is 1.47. The quantitative estimate of drug-likeness (QED) is 0.837. The Kier molecular flexibility index (Phi) is 3.73. The van der Waals surface area contributed by atoms with Gasteiger partial charge in [-0.1, -0.05) is 23.2 Å². The third-order valence-electron chi connectivity index (χ3n) is 2.87. The number of pyridine rings is 1. The van der Waals surface area contributed by atoms with Gasteiger partial charge >= 0.3 is 5.97 Å². The first-order valence-electron chi connectivity index (χ1n) is 5.26. The van der Waals surface area contributed by atoms with Crippen molar-refractivity contribution in [2.24, 2.45) is 0 Å². The van der Waals surface area contributed by atoms with Crippen molar-refractivity contribution in [1.82, 2.24) is 9.88 Å². The minimum absolute atomic E-state index is 0.188. The summed E-state index contributed by atoms with van der Waals surface area (Å²) in [6.07, 6.45) is 3.36. The summed E-state index contributed by atoms with van der Waals surface area (Å²) in [4.78, 5) is 27.0. The molecule has 1 N–H and O–H groups in total. The van der Waals surface area contributed by atoms with Gasteiger partial charge in [-0.2, -0.15) is 0 Å².